The van der Waals surface area contributed by atoms with Crippen LogP contribution >= 0.6 is 34.2 Å². The van der Waals surface area contributed by atoms with Crippen LogP contribution in [0.4, 0.5) is 5.82 Å². The molecule has 1 amide bonds. The van der Waals surface area contributed by atoms with Crippen molar-refractivity contribution in [3.63, 3.8) is 0 Å². The quantitative estimate of drug-likeness (QED) is 0.633. The van der Waals surface area contributed by atoms with Crippen LogP contribution in [0.3, 0.4) is 0 Å². The van der Waals surface area contributed by atoms with Gasteiger partial charge < -0.3 is 5.32 Å². The highest BCUT2D eigenvalue weighted by atomic mass is 127. The topological polar surface area (TPSA) is 64.7 Å². The first-order valence-corrected chi connectivity index (χ1v) is 8.26. The first-order chi connectivity index (χ1) is 11.0. The van der Waals surface area contributed by atoms with Gasteiger partial charge in [-0.3, -0.25) is 14.2 Å². The smallest absolute Gasteiger partial charge is 0.278 e. The molecular weight excluding hydrogens is 429 g/mol. The van der Waals surface area contributed by atoms with Crippen molar-refractivity contribution in [3.05, 3.63) is 62.6 Å². The number of nitrogens with zero attached hydrogens (tertiary/aromatic N) is 4. The molecule has 0 radical (unpaired) electrons. The van der Waals surface area contributed by atoms with Crippen LogP contribution in [-0.4, -0.2) is 25.5 Å². The van der Waals surface area contributed by atoms with Crippen molar-refractivity contribution in [1.82, 2.24) is 19.6 Å². The van der Waals surface area contributed by atoms with E-state index >= 15 is 0 Å². The highest BCUT2D eigenvalue weighted by molar-refractivity contribution is 14.1. The highest BCUT2D eigenvalue weighted by Gasteiger charge is 2.17. The zero-order valence-electron chi connectivity index (χ0n) is 12.2. The number of anilines is 1. The van der Waals surface area contributed by atoms with Crippen molar-refractivity contribution in [3.8, 4) is 0 Å². The van der Waals surface area contributed by atoms with Crippen molar-refractivity contribution in [2.24, 2.45) is 7.05 Å². The molecule has 1 aromatic carbocycles. The molecule has 3 rings (SSSR count). The van der Waals surface area contributed by atoms with Gasteiger partial charge >= 0.3 is 0 Å². The van der Waals surface area contributed by atoms with E-state index in [-0.39, 0.29) is 5.91 Å². The van der Waals surface area contributed by atoms with Crippen LogP contribution in [0.1, 0.15) is 16.1 Å². The van der Waals surface area contributed by atoms with Gasteiger partial charge in [0.15, 0.2) is 11.5 Å². The van der Waals surface area contributed by atoms with E-state index in [9.17, 15) is 4.79 Å². The molecule has 0 aliphatic heterocycles. The normalized spacial score (nSPS) is 10.7. The van der Waals surface area contributed by atoms with E-state index < -0.39 is 0 Å². The third-order valence-corrected chi connectivity index (χ3v) is 4.20. The predicted octanol–water partition coefficient (Wildman–Crippen LogP) is 3.18. The molecule has 0 unspecified atom stereocenters. The summed E-state index contributed by atoms with van der Waals surface area (Å²) in [5.74, 6) is -0.00379. The summed E-state index contributed by atoms with van der Waals surface area (Å²) >= 11 is 8.23. The van der Waals surface area contributed by atoms with Crippen LogP contribution in [0.15, 0.2) is 42.7 Å². The Morgan fingerprint density at radius 1 is 1.26 bits per heavy atom. The standard InChI is InChI=1S/C15H13ClIN5O/c1-21-9-12(17)13(19-21)15(23)18-14-11(16)8-22(20-14)7-10-5-3-2-4-6-10/h2-6,8-9H,7H2,1H3,(H,18,20,23). The Bertz CT molecular complexity index is 843. The van der Waals surface area contributed by atoms with Crippen LogP contribution in [0.25, 0.3) is 0 Å². The summed E-state index contributed by atoms with van der Waals surface area (Å²) in [6, 6.07) is 9.89. The minimum Gasteiger partial charge on any atom is -0.302 e. The van der Waals surface area contributed by atoms with E-state index in [1.54, 1.807) is 28.8 Å². The Balaban J connectivity index is 1.76. The van der Waals surface area contributed by atoms with Gasteiger partial charge in [0.25, 0.3) is 5.91 Å². The van der Waals surface area contributed by atoms with Crippen molar-refractivity contribution >= 4 is 45.9 Å². The molecular formula is C15H13ClIN5O. The molecule has 8 heteroatoms. The predicted molar refractivity (Wildman–Crippen MR) is 96.7 cm³/mol. The molecule has 0 fully saturated rings. The summed E-state index contributed by atoms with van der Waals surface area (Å²) in [6.07, 6.45) is 3.46. The molecule has 2 aromatic heterocycles. The van der Waals surface area contributed by atoms with Crippen LogP contribution in [0, 0.1) is 3.57 Å². The maximum atomic E-state index is 12.3. The number of hydrogen-bond acceptors (Lipinski definition) is 3. The highest BCUT2D eigenvalue weighted by Crippen LogP contribution is 2.21. The molecule has 0 saturated heterocycles. The molecule has 0 atom stereocenters. The Morgan fingerprint density at radius 3 is 2.65 bits per heavy atom. The van der Waals surface area contributed by atoms with Gasteiger partial charge in [0.1, 0.15) is 5.02 Å². The average molecular weight is 442 g/mol. The second kappa shape index (κ2) is 6.71. The van der Waals surface area contributed by atoms with Crippen LogP contribution in [0.2, 0.25) is 5.02 Å². The Labute approximate surface area is 151 Å². The maximum Gasteiger partial charge on any atom is 0.278 e. The molecule has 3 aromatic rings. The zero-order chi connectivity index (χ0) is 16.4. The van der Waals surface area contributed by atoms with Gasteiger partial charge in [-0.1, -0.05) is 41.9 Å². The molecule has 0 aliphatic carbocycles. The first-order valence-electron chi connectivity index (χ1n) is 6.80. The lowest BCUT2D eigenvalue weighted by molar-refractivity contribution is 0.102. The number of rotatable bonds is 4. The number of nitrogens with one attached hydrogen (secondary N) is 1. The molecule has 2 heterocycles. The molecule has 118 valence electrons. The number of amides is 1. The van der Waals surface area contributed by atoms with Gasteiger partial charge in [-0.2, -0.15) is 10.2 Å². The lowest BCUT2D eigenvalue weighted by Crippen LogP contribution is -2.15. The Hall–Kier alpha value is -1.87. The lowest BCUT2D eigenvalue weighted by atomic mass is 10.2. The van der Waals surface area contributed by atoms with Gasteiger partial charge in [-0.15, -0.1) is 0 Å². The van der Waals surface area contributed by atoms with Gasteiger partial charge in [-0.25, -0.2) is 0 Å². The van der Waals surface area contributed by atoms with Gasteiger partial charge in [0.05, 0.1) is 10.1 Å². The third-order valence-electron chi connectivity index (χ3n) is 3.14. The summed E-state index contributed by atoms with van der Waals surface area (Å²) in [4.78, 5) is 12.3. The van der Waals surface area contributed by atoms with E-state index in [2.05, 4.69) is 38.1 Å². The number of halogens is 2. The molecule has 0 spiro atoms. The van der Waals surface area contributed by atoms with E-state index in [1.165, 1.54) is 0 Å². The summed E-state index contributed by atoms with van der Waals surface area (Å²) in [5.41, 5.74) is 1.45. The molecule has 0 bridgehead atoms. The number of benzene rings is 1. The Kier molecular flexibility index (Phi) is 4.67. The molecule has 6 nitrogen and oxygen atoms in total. The van der Waals surface area contributed by atoms with Gasteiger partial charge in [0, 0.05) is 19.4 Å². The molecule has 23 heavy (non-hydrogen) atoms. The minimum absolute atomic E-state index is 0.328. The van der Waals surface area contributed by atoms with Gasteiger partial charge in [-0.05, 0) is 28.2 Å². The SMILES string of the molecule is Cn1cc(I)c(C(=O)Nc2nn(Cc3ccccc3)cc2Cl)n1. The Morgan fingerprint density at radius 2 is 2.00 bits per heavy atom. The van der Waals surface area contributed by atoms with Crippen molar-refractivity contribution in [2.75, 3.05) is 5.32 Å². The van der Waals surface area contributed by atoms with Crippen LogP contribution in [0.5, 0.6) is 0 Å². The van der Waals surface area contributed by atoms with E-state index in [0.29, 0.717) is 23.1 Å². The second-order valence-corrected chi connectivity index (χ2v) is 6.53. The fourth-order valence-corrected chi connectivity index (χ4v) is 3.07. The largest absolute Gasteiger partial charge is 0.302 e. The number of carbonyl (C=O) groups excluding carboxylic acids is 1. The van der Waals surface area contributed by atoms with Crippen molar-refractivity contribution in [2.45, 2.75) is 6.54 Å². The molecule has 0 aliphatic rings. The summed E-state index contributed by atoms with van der Waals surface area (Å²) < 4.78 is 4.05. The lowest BCUT2D eigenvalue weighted by Gasteiger charge is -2.02. The van der Waals surface area contributed by atoms with Crippen LogP contribution < -0.4 is 5.32 Å². The maximum absolute atomic E-state index is 12.3. The fraction of sp³-hybridized carbons (Fsp3) is 0.133. The second-order valence-electron chi connectivity index (χ2n) is 4.96. The number of aromatic nitrogens is 4. The van der Waals surface area contributed by atoms with Crippen LogP contribution in [-0.2, 0) is 13.6 Å². The number of carbonyl (C=O) groups is 1. The van der Waals surface area contributed by atoms with Crippen molar-refractivity contribution in [1.29, 1.82) is 0 Å². The summed E-state index contributed by atoms with van der Waals surface area (Å²) in [6.45, 7) is 0.581. The third kappa shape index (κ3) is 3.73. The van der Waals surface area contributed by atoms with E-state index in [4.69, 9.17) is 11.6 Å². The van der Waals surface area contributed by atoms with E-state index in [0.717, 1.165) is 9.13 Å². The summed E-state index contributed by atoms with van der Waals surface area (Å²) in [7, 11) is 1.76. The monoisotopic (exact) mass is 441 g/mol. The fourth-order valence-electron chi connectivity index (χ4n) is 2.11. The molecule has 1 N–H and O–H groups in total. The first kappa shape index (κ1) is 16.0. The summed E-state index contributed by atoms with van der Waals surface area (Å²) in [5, 5.41) is 11.5. The minimum atomic E-state index is -0.332. The van der Waals surface area contributed by atoms with Gasteiger partial charge in [0.2, 0.25) is 0 Å². The molecule has 0 saturated carbocycles. The van der Waals surface area contributed by atoms with E-state index in [1.807, 2.05) is 30.3 Å². The number of aryl methyl sites for hydroxylation is 1. The zero-order valence-corrected chi connectivity index (χ0v) is 15.1. The average Bonchev–Trinajstić information content (AvgIpc) is 3.02. The number of hydrogen-bond donors (Lipinski definition) is 1. The van der Waals surface area contributed by atoms with Crippen molar-refractivity contribution < 1.29 is 4.79 Å².